The van der Waals surface area contributed by atoms with Crippen molar-refractivity contribution in [3.8, 4) is 0 Å². The summed E-state index contributed by atoms with van der Waals surface area (Å²) in [6.45, 7) is 3.33. The van der Waals surface area contributed by atoms with Crippen molar-refractivity contribution in [1.29, 1.82) is 0 Å². The lowest BCUT2D eigenvalue weighted by molar-refractivity contribution is -0.126. The van der Waals surface area contributed by atoms with Crippen LogP contribution >= 0.6 is 0 Å². The van der Waals surface area contributed by atoms with Crippen molar-refractivity contribution in [2.45, 2.75) is 63.9 Å². The number of amides is 1. The molecule has 1 aromatic carbocycles. The van der Waals surface area contributed by atoms with Gasteiger partial charge in [-0.15, -0.1) is 0 Å². The fraction of sp³-hybridized carbons (Fsp3) is 0.478. The van der Waals surface area contributed by atoms with Gasteiger partial charge in [0.05, 0.1) is 6.10 Å². The maximum absolute atomic E-state index is 14.0. The number of nitrogens with one attached hydrogen (secondary N) is 1. The number of rotatable bonds is 11. The Bertz CT molecular complexity index is 735. The van der Waals surface area contributed by atoms with E-state index in [-0.39, 0.29) is 18.7 Å². The highest BCUT2D eigenvalue weighted by Crippen LogP contribution is 2.24. The standard InChI is InChI=1S/C23H32FN3O2/c1-23(2,24)11-10-19(22(29)27-16-18-9-6-12-26-15-18)14-21(28)20(25)13-17-7-4-3-5-8-17/h3-9,12,15,19-21,28H,10-11,13-14,16,25H2,1-2H3,(H,27,29)/t19-,20+,21+/m1/s1. The number of hydrogen-bond donors (Lipinski definition) is 3. The van der Waals surface area contributed by atoms with E-state index >= 15 is 0 Å². The Labute approximate surface area is 172 Å². The number of carbonyl (C=O) groups is 1. The molecule has 0 spiro atoms. The van der Waals surface area contributed by atoms with Gasteiger partial charge in [-0.1, -0.05) is 36.4 Å². The first-order valence-corrected chi connectivity index (χ1v) is 10.1. The van der Waals surface area contributed by atoms with Crippen LogP contribution in [-0.4, -0.2) is 33.8 Å². The molecule has 0 fully saturated rings. The molecule has 4 N–H and O–H groups in total. The molecule has 2 aromatic rings. The minimum Gasteiger partial charge on any atom is -0.391 e. The van der Waals surface area contributed by atoms with Crippen molar-refractivity contribution < 1.29 is 14.3 Å². The average molecular weight is 402 g/mol. The number of aromatic nitrogens is 1. The van der Waals surface area contributed by atoms with Gasteiger partial charge >= 0.3 is 0 Å². The summed E-state index contributed by atoms with van der Waals surface area (Å²) in [5.41, 5.74) is 6.72. The Balaban J connectivity index is 1.96. The molecule has 0 aliphatic carbocycles. The molecule has 0 radical (unpaired) electrons. The van der Waals surface area contributed by atoms with Gasteiger partial charge in [0.1, 0.15) is 5.67 Å². The molecule has 158 valence electrons. The summed E-state index contributed by atoms with van der Waals surface area (Å²) in [7, 11) is 0. The lowest BCUT2D eigenvalue weighted by atomic mass is 9.88. The molecular weight excluding hydrogens is 369 g/mol. The van der Waals surface area contributed by atoms with Gasteiger partial charge < -0.3 is 16.2 Å². The fourth-order valence-electron chi connectivity index (χ4n) is 3.20. The SMILES string of the molecule is CC(C)(F)CC[C@H](C[C@H](O)[C@@H](N)Cc1ccccc1)C(=O)NCc1cccnc1. The first-order valence-electron chi connectivity index (χ1n) is 10.1. The van der Waals surface area contributed by atoms with Gasteiger partial charge in [0, 0.05) is 30.9 Å². The zero-order chi connectivity index (χ0) is 21.3. The molecule has 2 rings (SSSR count). The summed E-state index contributed by atoms with van der Waals surface area (Å²) in [4.78, 5) is 16.8. The first kappa shape index (κ1) is 23.0. The van der Waals surface area contributed by atoms with Crippen LogP contribution in [0.3, 0.4) is 0 Å². The van der Waals surface area contributed by atoms with E-state index in [4.69, 9.17) is 5.73 Å². The largest absolute Gasteiger partial charge is 0.391 e. The predicted molar refractivity (Wildman–Crippen MR) is 113 cm³/mol. The van der Waals surface area contributed by atoms with E-state index in [1.165, 1.54) is 13.8 Å². The maximum atomic E-state index is 14.0. The minimum atomic E-state index is -1.38. The highest BCUT2D eigenvalue weighted by atomic mass is 19.1. The van der Waals surface area contributed by atoms with Gasteiger partial charge in [-0.25, -0.2) is 4.39 Å². The molecule has 29 heavy (non-hydrogen) atoms. The summed E-state index contributed by atoms with van der Waals surface area (Å²) in [6, 6.07) is 12.9. The number of carbonyl (C=O) groups excluding carboxylic acids is 1. The predicted octanol–water partition coefficient (Wildman–Crippen LogP) is 3.16. The lowest BCUT2D eigenvalue weighted by Gasteiger charge is -2.25. The van der Waals surface area contributed by atoms with Gasteiger partial charge in [0.2, 0.25) is 5.91 Å². The number of nitrogens with zero attached hydrogens (tertiary/aromatic N) is 1. The van der Waals surface area contributed by atoms with Crippen LogP contribution in [0.2, 0.25) is 0 Å². The third kappa shape index (κ3) is 8.71. The maximum Gasteiger partial charge on any atom is 0.223 e. The van der Waals surface area contributed by atoms with E-state index < -0.39 is 23.7 Å². The van der Waals surface area contributed by atoms with Crippen LogP contribution in [0.5, 0.6) is 0 Å². The van der Waals surface area contributed by atoms with E-state index in [1.54, 1.807) is 18.5 Å². The van der Waals surface area contributed by atoms with E-state index in [0.717, 1.165) is 11.1 Å². The Morgan fingerprint density at radius 3 is 2.52 bits per heavy atom. The summed E-state index contributed by atoms with van der Waals surface area (Å²) >= 11 is 0. The van der Waals surface area contributed by atoms with Crippen LogP contribution in [0.4, 0.5) is 4.39 Å². The van der Waals surface area contributed by atoms with Crippen LogP contribution in [0.25, 0.3) is 0 Å². The normalized spacial score (nSPS) is 14.8. The second kappa shape index (κ2) is 11.0. The second-order valence-corrected chi connectivity index (χ2v) is 8.19. The van der Waals surface area contributed by atoms with E-state index in [9.17, 15) is 14.3 Å². The molecule has 0 aliphatic rings. The fourth-order valence-corrected chi connectivity index (χ4v) is 3.20. The molecule has 1 aromatic heterocycles. The average Bonchev–Trinajstić information content (AvgIpc) is 2.70. The minimum absolute atomic E-state index is 0.197. The smallest absolute Gasteiger partial charge is 0.223 e. The molecular formula is C23H32FN3O2. The molecule has 1 amide bonds. The summed E-state index contributed by atoms with van der Waals surface area (Å²) in [6.07, 6.45) is 3.79. The third-order valence-electron chi connectivity index (χ3n) is 4.98. The quantitative estimate of drug-likeness (QED) is 0.540. The zero-order valence-corrected chi connectivity index (χ0v) is 17.2. The Morgan fingerprint density at radius 2 is 1.90 bits per heavy atom. The van der Waals surface area contributed by atoms with Crippen molar-refractivity contribution in [2.75, 3.05) is 0 Å². The topological polar surface area (TPSA) is 88.2 Å². The molecule has 1 heterocycles. The number of halogens is 1. The number of aliphatic hydroxyl groups is 1. The van der Waals surface area contributed by atoms with Crippen LogP contribution in [0.1, 0.15) is 44.2 Å². The molecule has 0 saturated carbocycles. The van der Waals surface area contributed by atoms with E-state index in [0.29, 0.717) is 19.4 Å². The van der Waals surface area contributed by atoms with Crippen LogP contribution in [-0.2, 0) is 17.8 Å². The Morgan fingerprint density at radius 1 is 1.21 bits per heavy atom. The Hall–Kier alpha value is -2.31. The van der Waals surface area contributed by atoms with Gasteiger partial charge in [-0.05, 0) is 56.7 Å². The molecule has 0 aliphatic heterocycles. The molecule has 0 bridgehead atoms. The third-order valence-corrected chi connectivity index (χ3v) is 4.98. The number of alkyl halides is 1. The highest BCUT2D eigenvalue weighted by Gasteiger charge is 2.28. The summed E-state index contributed by atoms with van der Waals surface area (Å²) in [5.74, 6) is -0.720. The van der Waals surface area contributed by atoms with Gasteiger partial charge in [-0.3, -0.25) is 9.78 Å². The Kier molecular flexibility index (Phi) is 8.73. The van der Waals surface area contributed by atoms with Gasteiger partial charge in [0.15, 0.2) is 0 Å². The van der Waals surface area contributed by atoms with E-state index in [2.05, 4.69) is 10.3 Å². The van der Waals surface area contributed by atoms with Gasteiger partial charge in [0.25, 0.3) is 0 Å². The van der Waals surface area contributed by atoms with Crippen LogP contribution < -0.4 is 11.1 Å². The number of hydrogen-bond acceptors (Lipinski definition) is 4. The second-order valence-electron chi connectivity index (χ2n) is 8.19. The molecule has 3 atom stereocenters. The number of pyridine rings is 1. The van der Waals surface area contributed by atoms with Crippen molar-refractivity contribution in [1.82, 2.24) is 10.3 Å². The number of nitrogens with two attached hydrogens (primary N) is 1. The van der Waals surface area contributed by atoms with Crippen molar-refractivity contribution >= 4 is 5.91 Å². The molecule has 0 saturated heterocycles. The summed E-state index contributed by atoms with van der Waals surface area (Å²) in [5, 5.41) is 13.5. The number of aliphatic hydroxyl groups excluding tert-OH is 1. The van der Waals surface area contributed by atoms with Crippen molar-refractivity contribution in [2.24, 2.45) is 11.7 Å². The highest BCUT2D eigenvalue weighted by molar-refractivity contribution is 5.78. The van der Waals surface area contributed by atoms with Gasteiger partial charge in [-0.2, -0.15) is 0 Å². The zero-order valence-electron chi connectivity index (χ0n) is 17.2. The summed E-state index contributed by atoms with van der Waals surface area (Å²) < 4.78 is 14.0. The molecule has 5 nitrogen and oxygen atoms in total. The van der Waals surface area contributed by atoms with E-state index in [1.807, 2.05) is 36.4 Å². The van der Waals surface area contributed by atoms with Crippen molar-refractivity contribution in [3.05, 3.63) is 66.0 Å². The van der Waals surface area contributed by atoms with Crippen LogP contribution in [0.15, 0.2) is 54.9 Å². The van der Waals surface area contributed by atoms with Crippen LogP contribution in [0, 0.1) is 5.92 Å². The molecule has 0 unspecified atom stereocenters. The first-order chi connectivity index (χ1) is 13.7. The monoisotopic (exact) mass is 401 g/mol. The molecule has 6 heteroatoms. The number of benzene rings is 1. The lowest BCUT2D eigenvalue weighted by Crippen LogP contribution is -2.41. The van der Waals surface area contributed by atoms with Crippen molar-refractivity contribution in [3.63, 3.8) is 0 Å².